The predicted octanol–water partition coefficient (Wildman–Crippen LogP) is 2.76. The van der Waals surface area contributed by atoms with Gasteiger partial charge >= 0.3 is 0 Å². The summed E-state index contributed by atoms with van der Waals surface area (Å²) in [6.07, 6.45) is 0. The SMILES string of the molecule is C[C@H](NC(=O)C(N)c1cccs1)c1cccc(F)c1. The van der Waals surface area contributed by atoms with E-state index >= 15 is 0 Å². The molecule has 0 saturated heterocycles. The summed E-state index contributed by atoms with van der Waals surface area (Å²) in [7, 11) is 0. The molecule has 1 heterocycles. The monoisotopic (exact) mass is 278 g/mol. The molecular formula is C14H15FN2OS. The zero-order valence-electron chi connectivity index (χ0n) is 10.5. The van der Waals surface area contributed by atoms with Crippen molar-refractivity contribution in [2.75, 3.05) is 0 Å². The van der Waals surface area contributed by atoms with Crippen molar-refractivity contribution in [3.63, 3.8) is 0 Å². The average Bonchev–Trinajstić information content (AvgIpc) is 2.91. The van der Waals surface area contributed by atoms with Gasteiger partial charge in [0.25, 0.3) is 0 Å². The predicted molar refractivity (Wildman–Crippen MR) is 74.2 cm³/mol. The molecule has 2 aromatic rings. The molecule has 0 spiro atoms. The van der Waals surface area contributed by atoms with Crippen molar-refractivity contribution in [3.8, 4) is 0 Å². The van der Waals surface area contributed by atoms with Crippen LogP contribution in [0, 0.1) is 5.82 Å². The molecule has 0 aliphatic heterocycles. The second-order valence-corrected chi connectivity index (χ2v) is 5.26. The summed E-state index contributed by atoms with van der Waals surface area (Å²) in [5, 5.41) is 4.66. The van der Waals surface area contributed by atoms with E-state index in [0.717, 1.165) is 4.88 Å². The van der Waals surface area contributed by atoms with Crippen molar-refractivity contribution in [1.29, 1.82) is 0 Å². The van der Waals surface area contributed by atoms with Crippen molar-refractivity contribution in [2.45, 2.75) is 19.0 Å². The lowest BCUT2D eigenvalue weighted by Crippen LogP contribution is -2.35. The van der Waals surface area contributed by atoms with Gasteiger partial charge in [0, 0.05) is 4.88 Å². The Bertz CT molecular complexity index is 556. The van der Waals surface area contributed by atoms with Crippen LogP contribution in [-0.4, -0.2) is 5.91 Å². The van der Waals surface area contributed by atoms with Crippen LogP contribution in [0.2, 0.25) is 0 Å². The van der Waals surface area contributed by atoms with E-state index in [4.69, 9.17) is 5.73 Å². The second-order valence-electron chi connectivity index (χ2n) is 4.28. The largest absolute Gasteiger partial charge is 0.348 e. The number of thiophene rings is 1. The Morgan fingerprint density at radius 1 is 1.37 bits per heavy atom. The van der Waals surface area contributed by atoms with E-state index in [1.165, 1.54) is 23.5 Å². The lowest BCUT2D eigenvalue weighted by atomic mass is 10.1. The first-order valence-corrected chi connectivity index (χ1v) is 6.80. The Morgan fingerprint density at radius 3 is 2.79 bits per heavy atom. The first-order valence-electron chi connectivity index (χ1n) is 5.93. The van der Waals surface area contributed by atoms with Gasteiger partial charge in [-0.05, 0) is 36.1 Å². The molecule has 0 saturated carbocycles. The number of hydrogen-bond donors (Lipinski definition) is 2. The number of amides is 1. The van der Waals surface area contributed by atoms with E-state index in [0.29, 0.717) is 5.56 Å². The molecule has 0 fully saturated rings. The van der Waals surface area contributed by atoms with E-state index in [1.54, 1.807) is 19.1 Å². The summed E-state index contributed by atoms with van der Waals surface area (Å²) >= 11 is 1.44. The fourth-order valence-electron chi connectivity index (χ4n) is 1.76. The van der Waals surface area contributed by atoms with Crippen LogP contribution in [-0.2, 0) is 4.79 Å². The summed E-state index contributed by atoms with van der Waals surface area (Å²) in [6.45, 7) is 1.80. The maximum atomic E-state index is 13.1. The second kappa shape index (κ2) is 5.95. The van der Waals surface area contributed by atoms with Crippen LogP contribution >= 0.6 is 11.3 Å². The molecular weight excluding hydrogens is 263 g/mol. The van der Waals surface area contributed by atoms with Crippen molar-refractivity contribution in [2.24, 2.45) is 5.73 Å². The zero-order valence-corrected chi connectivity index (χ0v) is 11.3. The summed E-state index contributed by atoms with van der Waals surface area (Å²) < 4.78 is 13.1. The molecule has 0 aliphatic rings. The Labute approximate surface area is 115 Å². The van der Waals surface area contributed by atoms with E-state index < -0.39 is 6.04 Å². The first kappa shape index (κ1) is 13.7. The minimum atomic E-state index is -0.684. The minimum Gasteiger partial charge on any atom is -0.348 e. The molecule has 5 heteroatoms. The summed E-state index contributed by atoms with van der Waals surface area (Å²) in [5.41, 5.74) is 6.58. The Hall–Kier alpha value is -1.72. The first-order chi connectivity index (χ1) is 9.08. The summed E-state index contributed by atoms with van der Waals surface area (Å²) in [6, 6.07) is 8.87. The minimum absolute atomic E-state index is 0.265. The number of carbonyl (C=O) groups excluding carboxylic acids is 1. The van der Waals surface area contributed by atoms with Gasteiger partial charge in [0.1, 0.15) is 11.9 Å². The zero-order chi connectivity index (χ0) is 13.8. The van der Waals surface area contributed by atoms with E-state index in [2.05, 4.69) is 5.32 Å². The van der Waals surface area contributed by atoms with Crippen molar-refractivity contribution in [3.05, 3.63) is 58.0 Å². The van der Waals surface area contributed by atoms with Crippen LogP contribution in [0.1, 0.15) is 29.4 Å². The summed E-state index contributed by atoms with van der Waals surface area (Å²) in [5.74, 6) is -0.583. The normalized spacial score (nSPS) is 13.8. The topological polar surface area (TPSA) is 55.1 Å². The highest BCUT2D eigenvalue weighted by molar-refractivity contribution is 7.10. The van der Waals surface area contributed by atoms with Gasteiger partial charge in [-0.3, -0.25) is 4.79 Å². The number of nitrogens with one attached hydrogen (secondary N) is 1. The van der Waals surface area contributed by atoms with Crippen LogP contribution in [0.15, 0.2) is 41.8 Å². The Kier molecular flexibility index (Phi) is 4.29. The number of rotatable bonds is 4. The molecule has 3 N–H and O–H groups in total. The third kappa shape index (κ3) is 3.39. The number of benzene rings is 1. The van der Waals surface area contributed by atoms with E-state index in [9.17, 15) is 9.18 Å². The number of nitrogens with two attached hydrogens (primary N) is 1. The molecule has 1 aromatic carbocycles. The third-order valence-electron chi connectivity index (χ3n) is 2.84. The van der Waals surface area contributed by atoms with Crippen LogP contribution in [0.5, 0.6) is 0 Å². The average molecular weight is 278 g/mol. The molecule has 2 rings (SSSR count). The maximum Gasteiger partial charge on any atom is 0.242 e. The molecule has 0 radical (unpaired) electrons. The number of hydrogen-bond acceptors (Lipinski definition) is 3. The van der Waals surface area contributed by atoms with Gasteiger partial charge in [0.2, 0.25) is 5.91 Å². The summed E-state index contributed by atoms with van der Waals surface area (Å²) in [4.78, 5) is 12.8. The molecule has 3 nitrogen and oxygen atoms in total. The molecule has 0 bridgehead atoms. The molecule has 1 amide bonds. The fraction of sp³-hybridized carbons (Fsp3) is 0.214. The number of carbonyl (C=O) groups is 1. The van der Waals surface area contributed by atoms with Gasteiger partial charge in [-0.15, -0.1) is 11.3 Å². The molecule has 1 aromatic heterocycles. The van der Waals surface area contributed by atoms with Gasteiger partial charge in [0.05, 0.1) is 6.04 Å². The van der Waals surface area contributed by atoms with Gasteiger partial charge in [0.15, 0.2) is 0 Å². The van der Waals surface area contributed by atoms with Gasteiger partial charge in [-0.1, -0.05) is 18.2 Å². The van der Waals surface area contributed by atoms with Crippen LogP contribution < -0.4 is 11.1 Å². The van der Waals surface area contributed by atoms with E-state index in [-0.39, 0.29) is 17.8 Å². The van der Waals surface area contributed by atoms with Gasteiger partial charge < -0.3 is 11.1 Å². The van der Waals surface area contributed by atoms with Crippen molar-refractivity contribution < 1.29 is 9.18 Å². The third-order valence-corrected chi connectivity index (χ3v) is 3.80. The van der Waals surface area contributed by atoms with Gasteiger partial charge in [-0.25, -0.2) is 4.39 Å². The highest BCUT2D eigenvalue weighted by Gasteiger charge is 2.19. The van der Waals surface area contributed by atoms with E-state index in [1.807, 2.05) is 17.5 Å². The van der Waals surface area contributed by atoms with Crippen LogP contribution in [0.4, 0.5) is 4.39 Å². The lowest BCUT2D eigenvalue weighted by molar-refractivity contribution is -0.123. The fourth-order valence-corrected chi connectivity index (χ4v) is 2.48. The maximum absolute atomic E-state index is 13.1. The quantitative estimate of drug-likeness (QED) is 0.903. The molecule has 100 valence electrons. The van der Waals surface area contributed by atoms with Crippen molar-refractivity contribution >= 4 is 17.2 Å². The van der Waals surface area contributed by atoms with Crippen LogP contribution in [0.3, 0.4) is 0 Å². The standard InChI is InChI=1S/C14H15FN2OS/c1-9(10-4-2-5-11(15)8-10)17-14(18)13(16)12-6-3-7-19-12/h2-9,13H,16H2,1H3,(H,17,18)/t9-,13?/m0/s1. The highest BCUT2D eigenvalue weighted by atomic mass is 32.1. The van der Waals surface area contributed by atoms with Gasteiger partial charge in [-0.2, -0.15) is 0 Å². The molecule has 1 unspecified atom stereocenters. The lowest BCUT2D eigenvalue weighted by Gasteiger charge is -2.17. The molecule has 2 atom stereocenters. The van der Waals surface area contributed by atoms with Crippen LogP contribution in [0.25, 0.3) is 0 Å². The Morgan fingerprint density at radius 2 is 2.16 bits per heavy atom. The Balaban J connectivity index is 2.03. The number of halogens is 1. The molecule has 0 aliphatic carbocycles. The van der Waals surface area contributed by atoms with Crippen molar-refractivity contribution in [1.82, 2.24) is 5.32 Å². The highest BCUT2D eigenvalue weighted by Crippen LogP contribution is 2.19. The smallest absolute Gasteiger partial charge is 0.242 e. The molecule has 19 heavy (non-hydrogen) atoms.